The number of sulfone groups is 3. The Bertz CT molecular complexity index is 914. The van der Waals surface area contributed by atoms with Crippen molar-refractivity contribution >= 4 is 134 Å². The Balaban J connectivity index is 4.08. The van der Waals surface area contributed by atoms with Crippen molar-refractivity contribution in [3.05, 3.63) is 12.1 Å². The van der Waals surface area contributed by atoms with Gasteiger partial charge in [0, 0.05) is 0 Å². The third-order valence-electron chi connectivity index (χ3n) is 2.53. The Labute approximate surface area is 198 Å². The highest BCUT2D eigenvalue weighted by Crippen LogP contribution is 2.43. The van der Waals surface area contributed by atoms with Gasteiger partial charge in [-0.05, 0) is 12.1 Å². The fraction of sp³-hybridized carbons (Fsp3) is 0.375. The smallest absolute Gasteiger partial charge is 0.224 e. The molecule has 0 aliphatic carbocycles. The molecule has 1 heterocycles. The van der Waals surface area contributed by atoms with E-state index in [0.717, 1.165) is 0 Å². The monoisotopic (exact) mass is 619 g/mol. The lowest BCUT2D eigenvalue weighted by Crippen LogP contribution is -2.27. The van der Waals surface area contributed by atoms with E-state index in [1.165, 1.54) is 0 Å². The summed E-state index contributed by atoms with van der Waals surface area (Å²) in [5.41, 5.74) is 0. The zero-order valence-electron chi connectivity index (χ0n) is 11.7. The molecule has 0 unspecified atom stereocenters. The molecular formula is C8H2Cl9NO6S3. The number of halogens is 9. The van der Waals surface area contributed by atoms with Crippen LogP contribution in [-0.4, -0.2) is 39.6 Å². The maximum Gasteiger partial charge on any atom is 0.298 e. The Morgan fingerprint density at radius 2 is 0.815 bits per heavy atom. The molecule has 0 aromatic carbocycles. The van der Waals surface area contributed by atoms with E-state index in [0.29, 0.717) is 12.1 Å². The van der Waals surface area contributed by atoms with Crippen molar-refractivity contribution in [3.8, 4) is 0 Å². The maximum absolute atomic E-state index is 12.3. The van der Waals surface area contributed by atoms with E-state index in [2.05, 4.69) is 4.98 Å². The molecule has 1 rings (SSSR count). The van der Waals surface area contributed by atoms with Crippen LogP contribution in [0.4, 0.5) is 0 Å². The molecular weight excluding hydrogens is 621 g/mol. The maximum atomic E-state index is 12.3. The second kappa shape index (κ2) is 7.94. The molecule has 19 heteroatoms. The number of pyridine rings is 1. The summed E-state index contributed by atoms with van der Waals surface area (Å²) < 4.78 is 64.5. The van der Waals surface area contributed by atoms with Gasteiger partial charge in [0.25, 0.3) is 9.37 Å². The van der Waals surface area contributed by atoms with E-state index in [9.17, 15) is 25.3 Å². The molecule has 0 fully saturated rings. The lowest BCUT2D eigenvalue weighted by atomic mass is 10.5. The first-order valence-corrected chi connectivity index (χ1v) is 13.4. The van der Waals surface area contributed by atoms with Gasteiger partial charge < -0.3 is 0 Å². The number of hydrogen-bond acceptors (Lipinski definition) is 7. The highest BCUT2D eigenvalue weighted by Gasteiger charge is 2.47. The minimum absolute atomic E-state index is 0.311. The summed E-state index contributed by atoms with van der Waals surface area (Å²) in [4.78, 5) is 2.10. The first-order valence-electron chi connectivity index (χ1n) is 5.53. The average Bonchev–Trinajstić information content (AvgIpc) is 2.43. The standard InChI is InChI=1S/C8H2Cl9NO6S3/c9-6(10,11)25(19,20)3-1-4(26(21,22)7(12,13)14)18-5(2-3)27(23,24)8(15,16)17/h1-2H. The van der Waals surface area contributed by atoms with Crippen LogP contribution in [0, 0.1) is 0 Å². The van der Waals surface area contributed by atoms with Gasteiger partial charge in [-0.25, -0.2) is 30.2 Å². The molecule has 0 aliphatic rings. The van der Waals surface area contributed by atoms with Gasteiger partial charge in [-0.1, -0.05) is 104 Å². The summed E-state index contributed by atoms with van der Waals surface area (Å²) in [5, 5.41) is -2.63. The van der Waals surface area contributed by atoms with Crippen LogP contribution in [0.15, 0.2) is 27.1 Å². The highest BCUT2D eigenvalue weighted by molar-refractivity contribution is 7.98. The molecule has 0 amide bonds. The third-order valence-corrected chi connectivity index (χ3v) is 12.2. The lowest BCUT2D eigenvalue weighted by molar-refractivity contribution is 0.582. The molecule has 0 aliphatic heterocycles. The van der Waals surface area contributed by atoms with Gasteiger partial charge in [0.1, 0.15) is 0 Å². The lowest BCUT2D eigenvalue weighted by Gasteiger charge is -2.18. The average molecular weight is 623 g/mol. The first-order chi connectivity index (χ1) is 11.6. The number of hydrogen-bond donors (Lipinski definition) is 0. The van der Waals surface area contributed by atoms with Crippen LogP contribution in [-0.2, 0) is 29.5 Å². The fourth-order valence-electron chi connectivity index (χ4n) is 1.26. The summed E-state index contributed by atoms with van der Waals surface area (Å²) in [6.45, 7) is 0. The van der Waals surface area contributed by atoms with E-state index >= 15 is 0 Å². The number of nitrogens with zero attached hydrogens (tertiary/aromatic N) is 1. The molecule has 27 heavy (non-hydrogen) atoms. The topological polar surface area (TPSA) is 115 Å². The molecule has 0 saturated carbocycles. The molecule has 0 saturated heterocycles. The van der Waals surface area contributed by atoms with Crippen molar-refractivity contribution in [2.24, 2.45) is 0 Å². The molecule has 0 N–H and O–H groups in total. The van der Waals surface area contributed by atoms with Crippen LogP contribution in [0.5, 0.6) is 0 Å². The van der Waals surface area contributed by atoms with Gasteiger partial charge in [0.05, 0.1) is 4.90 Å². The summed E-state index contributed by atoms with van der Waals surface area (Å²) in [6, 6.07) is 0.623. The minimum atomic E-state index is -5.04. The quantitative estimate of drug-likeness (QED) is 0.459. The van der Waals surface area contributed by atoms with Crippen molar-refractivity contribution in [2.75, 3.05) is 0 Å². The van der Waals surface area contributed by atoms with Crippen molar-refractivity contribution in [1.82, 2.24) is 4.98 Å². The summed E-state index contributed by atoms with van der Waals surface area (Å²) in [7, 11) is -15.0. The molecule has 156 valence electrons. The van der Waals surface area contributed by atoms with E-state index in [1.54, 1.807) is 0 Å². The van der Waals surface area contributed by atoms with Crippen LogP contribution in [0.25, 0.3) is 0 Å². The largest absolute Gasteiger partial charge is 0.298 e. The van der Waals surface area contributed by atoms with Crippen LogP contribution >= 0.6 is 104 Å². The molecule has 7 nitrogen and oxygen atoms in total. The Hall–Kier alpha value is 1.61. The second-order valence-corrected chi connectivity index (χ2v) is 19.4. The molecule has 1 aromatic rings. The number of alkyl halides is 9. The molecule has 1 aromatic heterocycles. The fourth-order valence-corrected chi connectivity index (χ4v) is 5.97. The molecule has 0 spiro atoms. The minimum Gasteiger partial charge on any atom is -0.224 e. The van der Waals surface area contributed by atoms with Gasteiger partial charge in [-0.2, -0.15) is 0 Å². The van der Waals surface area contributed by atoms with Crippen LogP contribution in [0.2, 0.25) is 0 Å². The van der Waals surface area contributed by atoms with E-state index in [1.807, 2.05) is 0 Å². The predicted molar refractivity (Wildman–Crippen MR) is 107 cm³/mol. The van der Waals surface area contributed by atoms with Crippen molar-refractivity contribution in [2.45, 2.75) is 24.3 Å². The number of aromatic nitrogens is 1. The van der Waals surface area contributed by atoms with E-state index in [4.69, 9.17) is 104 Å². The second-order valence-electron chi connectivity index (χ2n) is 4.33. The van der Waals surface area contributed by atoms with Crippen LogP contribution < -0.4 is 0 Å². The Morgan fingerprint density at radius 3 is 1.04 bits per heavy atom. The SMILES string of the molecule is O=S(=O)(c1cc(S(=O)(=O)C(Cl)(Cl)Cl)nc(S(=O)(=O)C(Cl)(Cl)Cl)c1)C(Cl)(Cl)Cl. The summed E-state index contributed by atoms with van der Waals surface area (Å²) >= 11 is 47.9. The van der Waals surface area contributed by atoms with Gasteiger partial charge in [0.15, 0.2) is 10.1 Å². The first kappa shape index (κ1) is 26.6. The third kappa shape index (κ3) is 5.27. The van der Waals surface area contributed by atoms with E-state index < -0.39 is 53.8 Å². The Morgan fingerprint density at radius 1 is 0.556 bits per heavy atom. The van der Waals surface area contributed by atoms with Gasteiger partial charge in [-0.3, -0.25) is 0 Å². The molecule has 0 bridgehead atoms. The van der Waals surface area contributed by atoms with Gasteiger partial charge >= 0.3 is 0 Å². The van der Waals surface area contributed by atoms with Crippen molar-refractivity contribution in [1.29, 1.82) is 0 Å². The van der Waals surface area contributed by atoms with Gasteiger partial charge in [-0.15, -0.1) is 0 Å². The van der Waals surface area contributed by atoms with Crippen molar-refractivity contribution < 1.29 is 25.3 Å². The van der Waals surface area contributed by atoms with E-state index in [-0.39, 0.29) is 0 Å². The van der Waals surface area contributed by atoms with Crippen LogP contribution in [0.3, 0.4) is 0 Å². The predicted octanol–water partition coefficient (Wildman–Crippen LogP) is 4.39. The number of rotatable bonds is 3. The van der Waals surface area contributed by atoms with Crippen molar-refractivity contribution in [3.63, 3.8) is 0 Å². The summed E-state index contributed by atoms with van der Waals surface area (Å²) in [5.74, 6) is 0. The zero-order chi connectivity index (χ0) is 21.9. The highest BCUT2D eigenvalue weighted by atomic mass is 35.6. The van der Waals surface area contributed by atoms with Crippen LogP contribution in [0.1, 0.15) is 0 Å². The summed E-state index contributed by atoms with van der Waals surface area (Å²) in [6.07, 6.45) is 0. The molecule has 0 radical (unpaired) electrons. The Kier molecular flexibility index (Phi) is 7.84. The van der Waals surface area contributed by atoms with Gasteiger partial charge in [0.2, 0.25) is 29.5 Å². The normalized spacial score (nSPS) is 15.0. The zero-order valence-corrected chi connectivity index (χ0v) is 20.9. The molecule has 0 atom stereocenters.